The summed E-state index contributed by atoms with van der Waals surface area (Å²) < 4.78 is 16.3. The molecule has 0 aliphatic carbocycles. The largest absolute Gasteiger partial charge is 0.493 e. The van der Waals surface area contributed by atoms with Crippen molar-refractivity contribution >= 4 is 17.8 Å². The highest BCUT2D eigenvalue weighted by molar-refractivity contribution is 5.72. The van der Waals surface area contributed by atoms with E-state index in [2.05, 4.69) is 5.16 Å². The standard InChI is InChI=1S/C21H20N2O5/c1-14-4-6-17(7-5-14)13-27-18-10-8-16(12-20(18)26-3)9-11-19-21(23(24)25)15(2)22-28-19/h4-12H,13H2,1-3H3. The Morgan fingerprint density at radius 3 is 2.54 bits per heavy atom. The molecule has 1 heterocycles. The average Bonchev–Trinajstić information content (AvgIpc) is 3.07. The highest BCUT2D eigenvalue weighted by atomic mass is 16.6. The van der Waals surface area contributed by atoms with Gasteiger partial charge < -0.3 is 14.0 Å². The highest BCUT2D eigenvalue weighted by Crippen LogP contribution is 2.30. The highest BCUT2D eigenvalue weighted by Gasteiger charge is 2.21. The number of aryl methyl sites for hydroxylation is 2. The van der Waals surface area contributed by atoms with Crippen molar-refractivity contribution in [1.82, 2.24) is 5.16 Å². The molecule has 0 amide bonds. The van der Waals surface area contributed by atoms with Crippen molar-refractivity contribution in [2.45, 2.75) is 20.5 Å². The fourth-order valence-corrected chi connectivity index (χ4v) is 2.64. The van der Waals surface area contributed by atoms with Crippen LogP contribution in [0.15, 0.2) is 47.0 Å². The van der Waals surface area contributed by atoms with Gasteiger partial charge in [-0.05, 0) is 43.2 Å². The second-order valence-corrected chi connectivity index (χ2v) is 6.26. The van der Waals surface area contributed by atoms with E-state index in [4.69, 9.17) is 14.0 Å². The molecule has 0 atom stereocenters. The average molecular weight is 380 g/mol. The fourth-order valence-electron chi connectivity index (χ4n) is 2.64. The first kappa shape index (κ1) is 19.2. The minimum Gasteiger partial charge on any atom is -0.493 e. The van der Waals surface area contributed by atoms with Gasteiger partial charge in [-0.3, -0.25) is 10.1 Å². The lowest BCUT2D eigenvalue weighted by Crippen LogP contribution is -1.98. The summed E-state index contributed by atoms with van der Waals surface area (Å²) in [5.74, 6) is 1.28. The van der Waals surface area contributed by atoms with Gasteiger partial charge in [0.05, 0.1) is 12.0 Å². The number of aromatic nitrogens is 1. The van der Waals surface area contributed by atoms with Crippen LogP contribution in [0, 0.1) is 24.0 Å². The molecule has 7 heteroatoms. The van der Waals surface area contributed by atoms with Gasteiger partial charge in [0.15, 0.2) is 17.2 Å². The van der Waals surface area contributed by atoms with Gasteiger partial charge in [0, 0.05) is 0 Å². The molecule has 7 nitrogen and oxygen atoms in total. The van der Waals surface area contributed by atoms with E-state index in [-0.39, 0.29) is 17.1 Å². The molecule has 0 fully saturated rings. The number of nitrogens with zero attached hydrogens (tertiary/aromatic N) is 2. The maximum atomic E-state index is 11.1. The lowest BCUT2D eigenvalue weighted by Gasteiger charge is -2.11. The lowest BCUT2D eigenvalue weighted by atomic mass is 10.1. The van der Waals surface area contributed by atoms with E-state index < -0.39 is 4.92 Å². The van der Waals surface area contributed by atoms with E-state index >= 15 is 0 Å². The van der Waals surface area contributed by atoms with Gasteiger partial charge in [-0.1, -0.05) is 47.1 Å². The molecule has 0 spiro atoms. The van der Waals surface area contributed by atoms with Crippen LogP contribution in [0.25, 0.3) is 12.2 Å². The quantitative estimate of drug-likeness (QED) is 0.425. The van der Waals surface area contributed by atoms with Gasteiger partial charge in [0.25, 0.3) is 0 Å². The van der Waals surface area contributed by atoms with Crippen molar-refractivity contribution in [3.63, 3.8) is 0 Å². The Bertz CT molecular complexity index is 1010. The Kier molecular flexibility index (Phi) is 5.74. The zero-order valence-electron chi connectivity index (χ0n) is 15.8. The van der Waals surface area contributed by atoms with Crippen LogP contribution in [0.4, 0.5) is 5.69 Å². The molecule has 0 unspecified atom stereocenters. The van der Waals surface area contributed by atoms with Crippen LogP contribution in [-0.2, 0) is 6.61 Å². The molecule has 0 saturated carbocycles. The summed E-state index contributed by atoms with van der Waals surface area (Å²) in [4.78, 5) is 10.6. The fraction of sp³-hybridized carbons (Fsp3) is 0.190. The van der Waals surface area contributed by atoms with Crippen LogP contribution >= 0.6 is 0 Å². The third kappa shape index (κ3) is 4.37. The normalized spacial score (nSPS) is 11.0. The zero-order chi connectivity index (χ0) is 20.1. The third-order valence-electron chi connectivity index (χ3n) is 4.17. The van der Waals surface area contributed by atoms with Crippen molar-refractivity contribution < 1.29 is 18.9 Å². The topological polar surface area (TPSA) is 87.6 Å². The van der Waals surface area contributed by atoms with Crippen molar-refractivity contribution in [2.75, 3.05) is 7.11 Å². The SMILES string of the molecule is COc1cc(C=Cc2onc(C)c2[N+](=O)[O-])ccc1OCc1ccc(C)cc1. The Morgan fingerprint density at radius 1 is 1.11 bits per heavy atom. The van der Waals surface area contributed by atoms with E-state index in [0.29, 0.717) is 18.1 Å². The molecule has 0 radical (unpaired) electrons. The molecule has 28 heavy (non-hydrogen) atoms. The van der Waals surface area contributed by atoms with Crippen LogP contribution in [0.2, 0.25) is 0 Å². The second-order valence-electron chi connectivity index (χ2n) is 6.26. The molecule has 2 aromatic carbocycles. The molecule has 3 rings (SSSR count). The molecule has 0 bridgehead atoms. The summed E-state index contributed by atoms with van der Waals surface area (Å²) in [5, 5.41) is 14.7. The molecule has 0 saturated heterocycles. The van der Waals surface area contributed by atoms with Gasteiger partial charge in [-0.25, -0.2) is 0 Å². The predicted molar refractivity (Wildman–Crippen MR) is 105 cm³/mol. The second kappa shape index (κ2) is 8.39. The molecular weight excluding hydrogens is 360 g/mol. The number of methoxy groups -OCH3 is 1. The van der Waals surface area contributed by atoms with Crippen LogP contribution in [0.3, 0.4) is 0 Å². The Balaban J connectivity index is 1.75. The van der Waals surface area contributed by atoms with Gasteiger partial charge in [0.1, 0.15) is 6.61 Å². The van der Waals surface area contributed by atoms with Gasteiger partial charge in [-0.15, -0.1) is 0 Å². The van der Waals surface area contributed by atoms with Crippen molar-refractivity contribution in [1.29, 1.82) is 0 Å². The summed E-state index contributed by atoms with van der Waals surface area (Å²) in [6.45, 7) is 3.99. The maximum Gasteiger partial charge on any atom is 0.338 e. The molecule has 0 aliphatic rings. The van der Waals surface area contributed by atoms with Crippen LogP contribution in [0.1, 0.15) is 28.1 Å². The Hall–Kier alpha value is -3.61. The number of hydrogen-bond acceptors (Lipinski definition) is 6. The summed E-state index contributed by atoms with van der Waals surface area (Å²) in [6.07, 6.45) is 3.21. The third-order valence-corrected chi connectivity index (χ3v) is 4.17. The van der Waals surface area contributed by atoms with Crippen molar-refractivity contribution in [3.8, 4) is 11.5 Å². The maximum absolute atomic E-state index is 11.1. The summed E-state index contributed by atoms with van der Waals surface area (Å²) >= 11 is 0. The zero-order valence-corrected chi connectivity index (χ0v) is 15.8. The van der Waals surface area contributed by atoms with E-state index in [1.807, 2.05) is 37.3 Å². The molecule has 1 aromatic heterocycles. The van der Waals surface area contributed by atoms with Gasteiger partial charge in [0.2, 0.25) is 5.76 Å². The van der Waals surface area contributed by atoms with E-state index in [9.17, 15) is 10.1 Å². The van der Waals surface area contributed by atoms with Crippen LogP contribution < -0.4 is 9.47 Å². The van der Waals surface area contributed by atoms with E-state index in [1.54, 1.807) is 25.3 Å². The van der Waals surface area contributed by atoms with E-state index in [1.165, 1.54) is 18.6 Å². The number of benzene rings is 2. The first-order valence-corrected chi connectivity index (χ1v) is 8.63. The molecular formula is C21H20N2O5. The van der Waals surface area contributed by atoms with Gasteiger partial charge in [-0.2, -0.15) is 0 Å². The van der Waals surface area contributed by atoms with Crippen LogP contribution in [-0.4, -0.2) is 17.2 Å². The Labute approximate surface area is 162 Å². The summed E-state index contributed by atoms with van der Waals surface area (Å²) in [6, 6.07) is 13.5. The minimum atomic E-state index is -0.506. The Morgan fingerprint density at radius 2 is 1.86 bits per heavy atom. The van der Waals surface area contributed by atoms with Crippen molar-refractivity contribution in [3.05, 3.63) is 80.7 Å². The molecule has 144 valence electrons. The van der Waals surface area contributed by atoms with Gasteiger partial charge >= 0.3 is 5.69 Å². The predicted octanol–water partition coefficient (Wildman–Crippen LogP) is 4.96. The molecule has 3 aromatic rings. The summed E-state index contributed by atoms with van der Waals surface area (Å²) in [5.41, 5.74) is 3.13. The van der Waals surface area contributed by atoms with Crippen molar-refractivity contribution in [2.24, 2.45) is 0 Å². The summed E-state index contributed by atoms with van der Waals surface area (Å²) in [7, 11) is 1.56. The number of nitro groups is 1. The minimum absolute atomic E-state index is 0.0983. The van der Waals surface area contributed by atoms with Crippen LogP contribution in [0.5, 0.6) is 11.5 Å². The first-order valence-electron chi connectivity index (χ1n) is 8.63. The number of ether oxygens (including phenoxy) is 2. The number of rotatable bonds is 7. The first-order chi connectivity index (χ1) is 13.5. The van der Waals surface area contributed by atoms with E-state index in [0.717, 1.165) is 11.1 Å². The molecule has 0 N–H and O–H groups in total. The number of hydrogen-bond donors (Lipinski definition) is 0. The monoisotopic (exact) mass is 380 g/mol. The lowest BCUT2D eigenvalue weighted by molar-refractivity contribution is -0.386. The molecule has 0 aliphatic heterocycles. The smallest absolute Gasteiger partial charge is 0.338 e.